The van der Waals surface area contributed by atoms with Gasteiger partial charge in [0.1, 0.15) is 0 Å². The van der Waals surface area contributed by atoms with Gasteiger partial charge in [-0.15, -0.1) is 0 Å². The van der Waals surface area contributed by atoms with Gasteiger partial charge in [-0.3, -0.25) is 0 Å². The first-order valence-electron chi connectivity index (χ1n) is 4.10. The molecule has 0 aliphatic carbocycles. The second-order valence-corrected chi connectivity index (χ2v) is 2.85. The van der Waals surface area contributed by atoms with Gasteiger partial charge in [0.05, 0.1) is 0 Å². The van der Waals surface area contributed by atoms with Gasteiger partial charge in [-0.05, 0) is 3.44 Å². The van der Waals surface area contributed by atoms with Gasteiger partial charge in [-0.25, -0.2) is 0 Å². The van der Waals surface area contributed by atoms with Crippen LogP contribution in [0.2, 0.25) is 0 Å². The van der Waals surface area contributed by atoms with Crippen molar-refractivity contribution in [1.29, 1.82) is 0 Å². The first-order chi connectivity index (χ1) is 7.47. The summed E-state index contributed by atoms with van der Waals surface area (Å²) in [6.45, 7) is 1.42. The summed E-state index contributed by atoms with van der Waals surface area (Å²) in [6.07, 6.45) is 0. The molecule has 0 aromatic rings. The topological polar surface area (TPSA) is 209 Å². The predicted octanol–water partition coefficient (Wildman–Crippen LogP) is -2.66. The summed E-state index contributed by atoms with van der Waals surface area (Å²) in [5.74, 6) is 0. The van der Waals surface area contributed by atoms with Crippen molar-refractivity contribution in [1.82, 2.24) is 0 Å². The summed E-state index contributed by atoms with van der Waals surface area (Å²) >= 11 is -3.76. The smallest absolute Gasteiger partial charge is 0.679 e. The van der Waals surface area contributed by atoms with E-state index in [2.05, 4.69) is 0 Å². The Morgan fingerprint density at radius 1 is 0.647 bits per heavy atom. The van der Waals surface area contributed by atoms with Crippen molar-refractivity contribution < 1.29 is 48.2 Å². The molecule has 0 saturated carbocycles. The van der Waals surface area contributed by atoms with E-state index in [1.54, 1.807) is 0 Å². The van der Waals surface area contributed by atoms with Crippen LogP contribution in [0.3, 0.4) is 0 Å². The van der Waals surface area contributed by atoms with E-state index in [-0.39, 0.29) is 56.0 Å². The second kappa shape index (κ2) is 43.6. The van der Waals surface area contributed by atoms with Gasteiger partial charge < -0.3 is 41.3 Å². The van der Waals surface area contributed by atoms with Crippen LogP contribution in [0.25, 0.3) is 34.4 Å². The average Bonchev–Trinajstić information content (AvgIpc) is 2.28. The Labute approximate surface area is 121 Å². The first-order valence-corrected chi connectivity index (χ1v) is 6.83. The van der Waals surface area contributed by atoms with Gasteiger partial charge in [-0.1, -0.05) is 0 Å². The molecular formula is C6H19CoIN6O3-3. The molecule has 17 heavy (non-hydrogen) atoms. The Kier molecular flexibility index (Phi) is 78.8. The number of hydrogen-bond donors (Lipinski definition) is 1. The average molecular weight is 409 g/mol. The molecule has 0 heterocycles. The largest absolute Gasteiger partial charge is 3.00 e. The zero-order chi connectivity index (χ0) is 13.8. The van der Waals surface area contributed by atoms with E-state index in [0.29, 0.717) is 0 Å². The number of halogens is 1. The minimum Gasteiger partial charge on any atom is -0.679 e. The van der Waals surface area contributed by atoms with Crippen LogP contribution in [-0.2, 0) is 16.8 Å². The van der Waals surface area contributed by atoms with E-state index < -0.39 is 21.1 Å². The maximum absolute atomic E-state index is 8.68. The molecule has 7 N–H and O–H groups in total. The van der Waals surface area contributed by atoms with Crippen LogP contribution < -0.4 is 27.9 Å². The minimum absolute atomic E-state index is 0. The molecular weight excluding hydrogens is 390 g/mol. The molecule has 0 radical (unpaired) electrons. The standard InChI is InChI=1S/3C2H6N2.Co.HIO3/c3*3-1-2-4;;2-1(3)4/h3*3-4H,1-2H2;;2H/q3*-2;+3;. The molecule has 0 saturated heterocycles. The number of rotatable bonds is 3. The summed E-state index contributed by atoms with van der Waals surface area (Å²) in [5.41, 5.74) is 37.6. The van der Waals surface area contributed by atoms with Gasteiger partial charge in [0.2, 0.25) is 0 Å². The molecule has 0 rings (SSSR count). The number of hydrogen-bond acceptors (Lipinski definition) is 3. The first kappa shape index (κ1) is 30.7. The maximum atomic E-state index is 8.68. The Morgan fingerprint density at radius 2 is 0.706 bits per heavy atom. The third kappa shape index (κ3) is 249. The van der Waals surface area contributed by atoms with Crippen molar-refractivity contribution in [3.8, 4) is 0 Å². The molecule has 0 amide bonds. The van der Waals surface area contributed by atoms with Crippen LogP contribution in [0.1, 0.15) is 0 Å². The molecule has 11 heteroatoms. The molecule has 0 fully saturated rings. The molecule has 0 spiro atoms. The molecule has 0 aromatic carbocycles. The SMILES string of the molecule is [Co+3].[NH-]CC[NH-].[NH-]CC[NH-].[NH-]CC[NH-].[O-][I+2]([O-])O. The van der Waals surface area contributed by atoms with Crippen LogP contribution in [-0.4, -0.2) is 42.7 Å². The summed E-state index contributed by atoms with van der Waals surface area (Å²) in [4.78, 5) is 0. The Hall–Kier alpha value is 0.876. The van der Waals surface area contributed by atoms with Crippen molar-refractivity contribution in [2.75, 3.05) is 39.3 Å². The van der Waals surface area contributed by atoms with Gasteiger partial charge in [0.25, 0.3) is 0 Å². The molecule has 0 atom stereocenters. The van der Waals surface area contributed by atoms with Crippen LogP contribution in [0.4, 0.5) is 0 Å². The third-order valence-corrected chi connectivity index (χ3v) is 0.375. The van der Waals surface area contributed by atoms with Gasteiger partial charge in [0.15, 0.2) is 0 Å². The quantitative estimate of drug-likeness (QED) is 0.495. The molecule has 9 nitrogen and oxygen atoms in total. The van der Waals surface area contributed by atoms with Crippen LogP contribution in [0, 0.1) is 0 Å². The maximum Gasteiger partial charge on any atom is 3.00 e. The Balaban J connectivity index is -0.0000000369. The molecule has 0 aliphatic heterocycles. The van der Waals surface area contributed by atoms with Crippen molar-refractivity contribution in [3.05, 3.63) is 34.4 Å². The monoisotopic (exact) mass is 409 g/mol. The zero-order valence-corrected chi connectivity index (χ0v) is 12.4. The van der Waals surface area contributed by atoms with E-state index in [1.165, 1.54) is 0 Å². The summed E-state index contributed by atoms with van der Waals surface area (Å²) in [6, 6.07) is 0. The normalized spacial score (nSPS) is 7.41. The Bertz CT molecular complexity index is 70.5. The summed E-state index contributed by atoms with van der Waals surface area (Å²) in [7, 11) is 0. The van der Waals surface area contributed by atoms with E-state index in [0.717, 1.165) is 0 Å². The molecule has 110 valence electrons. The van der Waals surface area contributed by atoms with E-state index in [1.807, 2.05) is 0 Å². The van der Waals surface area contributed by atoms with Gasteiger partial charge >= 0.3 is 37.8 Å². The van der Waals surface area contributed by atoms with Gasteiger partial charge in [0, 0.05) is 0 Å². The summed E-state index contributed by atoms with van der Waals surface area (Å²) in [5, 5.41) is 0. The van der Waals surface area contributed by atoms with E-state index in [4.69, 9.17) is 44.7 Å². The molecule has 0 aromatic heterocycles. The van der Waals surface area contributed by atoms with Crippen molar-refractivity contribution in [2.45, 2.75) is 0 Å². The number of nitrogens with one attached hydrogen (secondary N) is 6. The fraction of sp³-hybridized carbons (Fsp3) is 1.00. The second-order valence-electron chi connectivity index (χ2n) is 1.70. The van der Waals surface area contributed by atoms with E-state index >= 15 is 0 Å². The Morgan fingerprint density at radius 3 is 0.706 bits per heavy atom. The van der Waals surface area contributed by atoms with E-state index in [9.17, 15) is 0 Å². The predicted molar refractivity (Wildman–Crippen MR) is 57.4 cm³/mol. The van der Waals surface area contributed by atoms with Crippen LogP contribution >= 0.6 is 0 Å². The molecule has 0 unspecified atom stereocenters. The zero-order valence-electron chi connectivity index (χ0n) is 9.22. The fourth-order valence-electron chi connectivity index (χ4n) is 0. The fourth-order valence-corrected chi connectivity index (χ4v) is 0. The van der Waals surface area contributed by atoms with Crippen LogP contribution in [0.5, 0.6) is 0 Å². The van der Waals surface area contributed by atoms with Crippen molar-refractivity contribution >= 4 is 0 Å². The molecule has 0 bridgehead atoms. The van der Waals surface area contributed by atoms with Crippen LogP contribution in [0.15, 0.2) is 0 Å². The minimum atomic E-state index is -3.76. The summed E-state index contributed by atoms with van der Waals surface area (Å²) < 4.78 is 24.5. The van der Waals surface area contributed by atoms with Crippen molar-refractivity contribution in [3.63, 3.8) is 0 Å². The van der Waals surface area contributed by atoms with Crippen molar-refractivity contribution in [2.24, 2.45) is 0 Å². The third-order valence-electron chi connectivity index (χ3n) is 0.375. The van der Waals surface area contributed by atoms with Gasteiger partial charge in [-0.2, -0.15) is 39.3 Å². The molecule has 0 aliphatic rings.